The lowest BCUT2D eigenvalue weighted by Gasteiger charge is -2.34. The molecule has 0 amide bonds. The van der Waals surface area contributed by atoms with Gasteiger partial charge in [-0.15, -0.1) is 0 Å². The maximum Gasteiger partial charge on any atom is 0.416 e. The Balaban J connectivity index is 1.81. The van der Waals surface area contributed by atoms with E-state index in [1.807, 2.05) is 24.3 Å². The van der Waals surface area contributed by atoms with Gasteiger partial charge < -0.3 is 10.6 Å². The van der Waals surface area contributed by atoms with Crippen LogP contribution in [0.1, 0.15) is 29.2 Å². The quantitative estimate of drug-likeness (QED) is 0.904. The largest absolute Gasteiger partial charge is 0.416 e. The van der Waals surface area contributed by atoms with Crippen molar-refractivity contribution in [1.29, 1.82) is 0 Å². The average molecular weight is 306 g/mol. The molecule has 1 aliphatic rings. The minimum absolute atomic E-state index is 0.0278. The van der Waals surface area contributed by atoms with Gasteiger partial charge in [0.2, 0.25) is 0 Å². The van der Waals surface area contributed by atoms with Crippen molar-refractivity contribution < 1.29 is 13.2 Å². The van der Waals surface area contributed by atoms with Crippen LogP contribution in [0.15, 0.2) is 48.5 Å². The number of para-hydroxylation sites is 1. The van der Waals surface area contributed by atoms with Crippen molar-refractivity contribution in [1.82, 2.24) is 0 Å². The van der Waals surface area contributed by atoms with Crippen LogP contribution in [0.2, 0.25) is 0 Å². The van der Waals surface area contributed by atoms with E-state index in [2.05, 4.69) is 4.90 Å². The lowest BCUT2D eigenvalue weighted by molar-refractivity contribution is -0.137. The lowest BCUT2D eigenvalue weighted by atomic mass is 9.96. The highest BCUT2D eigenvalue weighted by molar-refractivity contribution is 5.57. The highest BCUT2D eigenvalue weighted by Crippen LogP contribution is 2.33. The summed E-state index contributed by atoms with van der Waals surface area (Å²) in [6.07, 6.45) is -3.44. The molecule has 2 aromatic carbocycles. The van der Waals surface area contributed by atoms with Gasteiger partial charge in [-0.3, -0.25) is 0 Å². The van der Waals surface area contributed by atoms with E-state index in [1.165, 1.54) is 0 Å². The highest BCUT2D eigenvalue weighted by Gasteiger charge is 2.30. The van der Waals surface area contributed by atoms with Crippen molar-refractivity contribution >= 4 is 5.69 Å². The summed E-state index contributed by atoms with van der Waals surface area (Å²) in [6, 6.07) is 13.3. The minimum atomic E-state index is -4.29. The standard InChI is InChI=1S/C17H17F3N2/c18-17(19,20)13-7-5-12(6-8-13)11-22-10-9-15(21)14-3-1-2-4-16(14)22/h1-8,15H,9-11,21H2. The van der Waals surface area contributed by atoms with Crippen molar-refractivity contribution in [3.8, 4) is 0 Å². The molecular formula is C17H17F3N2. The van der Waals surface area contributed by atoms with Crippen LogP contribution < -0.4 is 10.6 Å². The van der Waals surface area contributed by atoms with Crippen LogP contribution in [0.3, 0.4) is 0 Å². The molecule has 116 valence electrons. The summed E-state index contributed by atoms with van der Waals surface area (Å²) in [5.74, 6) is 0. The smallest absolute Gasteiger partial charge is 0.367 e. The van der Waals surface area contributed by atoms with E-state index in [0.29, 0.717) is 6.54 Å². The molecule has 1 aliphatic heterocycles. The molecule has 0 fully saturated rings. The second-order valence-corrected chi connectivity index (χ2v) is 5.57. The third kappa shape index (κ3) is 2.95. The zero-order valence-corrected chi connectivity index (χ0v) is 12.0. The van der Waals surface area contributed by atoms with Crippen LogP contribution in [0.4, 0.5) is 18.9 Å². The second kappa shape index (κ2) is 5.65. The molecule has 0 saturated carbocycles. The van der Waals surface area contributed by atoms with Crippen LogP contribution in [0.25, 0.3) is 0 Å². The third-order valence-electron chi connectivity index (χ3n) is 4.04. The second-order valence-electron chi connectivity index (χ2n) is 5.57. The predicted octanol–water partition coefficient (Wildman–Crippen LogP) is 4.12. The average Bonchev–Trinajstić information content (AvgIpc) is 2.50. The summed E-state index contributed by atoms with van der Waals surface area (Å²) < 4.78 is 37.8. The van der Waals surface area contributed by atoms with Crippen molar-refractivity contribution in [3.05, 3.63) is 65.2 Å². The summed E-state index contributed by atoms with van der Waals surface area (Å²) in [5.41, 5.74) is 8.53. The van der Waals surface area contributed by atoms with Crippen LogP contribution in [0.5, 0.6) is 0 Å². The fraction of sp³-hybridized carbons (Fsp3) is 0.294. The van der Waals surface area contributed by atoms with Crippen LogP contribution >= 0.6 is 0 Å². The van der Waals surface area contributed by atoms with Gasteiger partial charge in [-0.25, -0.2) is 0 Å². The van der Waals surface area contributed by atoms with Gasteiger partial charge in [0, 0.05) is 24.8 Å². The van der Waals surface area contributed by atoms with Crippen LogP contribution in [-0.4, -0.2) is 6.54 Å². The number of nitrogens with two attached hydrogens (primary N) is 1. The van der Waals surface area contributed by atoms with E-state index >= 15 is 0 Å². The molecule has 0 aromatic heterocycles. The minimum Gasteiger partial charge on any atom is -0.367 e. The molecule has 0 radical (unpaired) electrons. The number of rotatable bonds is 2. The van der Waals surface area contributed by atoms with Crippen LogP contribution in [0, 0.1) is 0 Å². The van der Waals surface area contributed by atoms with E-state index < -0.39 is 11.7 Å². The van der Waals surface area contributed by atoms with E-state index in [0.717, 1.165) is 41.9 Å². The first kappa shape index (κ1) is 14.9. The topological polar surface area (TPSA) is 29.3 Å². The van der Waals surface area contributed by atoms with Crippen molar-refractivity contribution in [2.24, 2.45) is 5.73 Å². The predicted molar refractivity (Wildman–Crippen MR) is 80.5 cm³/mol. The lowest BCUT2D eigenvalue weighted by Crippen LogP contribution is -2.33. The van der Waals surface area contributed by atoms with Gasteiger partial charge in [-0.1, -0.05) is 30.3 Å². The van der Waals surface area contributed by atoms with Gasteiger partial charge in [0.05, 0.1) is 5.56 Å². The fourth-order valence-electron chi connectivity index (χ4n) is 2.84. The molecule has 5 heteroatoms. The molecule has 0 bridgehead atoms. The van der Waals surface area contributed by atoms with Gasteiger partial charge >= 0.3 is 6.18 Å². The molecule has 1 atom stereocenters. The molecule has 3 rings (SSSR count). The number of fused-ring (bicyclic) bond motifs is 1. The Morgan fingerprint density at radius 2 is 1.73 bits per heavy atom. The first-order valence-electron chi connectivity index (χ1n) is 7.21. The van der Waals surface area contributed by atoms with Crippen LogP contribution in [-0.2, 0) is 12.7 Å². The third-order valence-corrected chi connectivity index (χ3v) is 4.04. The number of hydrogen-bond donors (Lipinski definition) is 1. The van der Waals surface area contributed by atoms with Gasteiger partial charge in [0.25, 0.3) is 0 Å². The number of halogens is 3. The van der Waals surface area contributed by atoms with Gasteiger partial charge in [0.1, 0.15) is 0 Å². The molecule has 0 spiro atoms. The number of hydrogen-bond acceptors (Lipinski definition) is 2. The number of anilines is 1. The van der Waals surface area contributed by atoms with E-state index in [-0.39, 0.29) is 6.04 Å². The monoisotopic (exact) mass is 306 g/mol. The first-order chi connectivity index (χ1) is 10.4. The Morgan fingerprint density at radius 1 is 1.05 bits per heavy atom. The molecule has 2 N–H and O–H groups in total. The van der Waals surface area contributed by atoms with E-state index in [9.17, 15) is 13.2 Å². The van der Waals surface area contributed by atoms with E-state index in [1.54, 1.807) is 12.1 Å². The zero-order chi connectivity index (χ0) is 15.7. The first-order valence-corrected chi connectivity index (χ1v) is 7.21. The van der Waals surface area contributed by atoms with Gasteiger partial charge in [0.15, 0.2) is 0 Å². The Kier molecular flexibility index (Phi) is 3.83. The molecule has 2 nitrogen and oxygen atoms in total. The van der Waals surface area contributed by atoms with Gasteiger partial charge in [-0.05, 0) is 35.7 Å². The summed E-state index contributed by atoms with van der Waals surface area (Å²) in [5, 5.41) is 0. The summed E-state index contributed by atoms with van der Waals surface area (Å²) in [7, 11) is 0. The molecular weight excluding hydrogens is 289 g/mol. The highest BCUT2D eigenvalue weighted by atomic mass is 19.4. The maximum absolute atomic E-state index is 12.6. The summed E-state index contributed by atoms with van der Waals surface area (Å²) in [6.45, 7) is 1.39. The molecule has 0 saturated heterocycles. The SMILES string of the molecule is NC1CCN(Cc2ccc(C(F)(F)F)cc2)c2ccccc21. The Bertz CT molecular complexity index is 650. The molecule has 1 heterocycles. The maximum atomic E-state index is 12.6. The summed E-state index contributed by atoms with van der Waals surface area (Å²) >= 11 is 0. The van der Waals surface area contributed by atoms with Gasteiger partial charge in [-0.2, -0.15) is 13.2 Å². The number of alkyl halides is 3. The molecule has 0 aliphatic carbocycles. The normalized spacial score (nSPS) is 18.2. The van der Waals surface area contributed by atoms with E-state index in [4.69, 9.17) is 5.73 Å². The molecule has 22 heavy (non-hydrogen) atoms. The zero-order valence-electron chi connectivity index (χ0n) is 12.0. The van der Waals surface area contributed by atoms with Crippen molar-refractivity contribution in [2.75, 3.05) is 11.4 Å². The molecule has 1 unspecified atom stereocenters. The van der Waals surface area contributed by atoms with Crippen molar-refractivity contribution in [3.63, 3.8) is 0 Å². The molecule has 2 aromatic rings. The van der Waals surface area contributed by atoms with Crippen molar-refractivity contribution in [2.45, 2.75) is 25.2 Å². The Labute approximate surface area is 127 Å². The summed E-state index contributed by atoms with van der Waals surface area (Å²) in [4.78, 5) is 2.17. The Hall–Kier alpha value is -2.01. The number of benzene rings is 2. The fourth-order valence-corrected chi connectivity index (χ4v) is 2.84. The Morgan fingerprint density at radius 3 is 2.41 bits per heavy atom. The number of nitrogens with zero attached hydrogens (tertiary/aromatic N) is 1.